The van der Waals surface area contributed by atoms with Crippen molar-refractivity contribution in [3.8, 4) is 10.6 Å². The molecule has 2 heterocycles. The molecule has 1 aliphatic rings. The van der Waals surface area contributed by atoms with Crippen molar-refractivity contribution in [1.82, 2.24) is 15.1 Å². The van der Waals surface area contributed by atoms with Crippen LogP contribution < -0.4 is 5.32 Å². The van der Waals surface area contributed by atoms with Gasteiger partial charge in [-0.25, -0.2) is 0 Å². The van der Waals surface area contributed by atoms with Gasteiger partial charge in [-0.15, -0.1) is 10.2 Å². The van der Waals surface area contributed by atoms with E-state index in [0.717, 1.165) is 22.6 Å². The zero-order valence-electron chi connectivity index (χ0n) is 15.5. The van der Waals surface area contributed by atoms with E-state index in [1.54, 1.807) is 4.90 Å². The van der Waals surface area contributed by atoms with E-state index in [-0.39, 0.29) is 11.8 Å². The largest absolute Gasteiger partial charge is 0.327 e. The molecule has 2 amide bonds. The maximum atomic E-state index is 12.8. The maximum absolute atomic E-state index is 12.8. The molecule has 0 saturated carbocycles. The molecule has 1 aliphatic heterocycles. The molecule has 1 saturated heterocycles. The van der Waals surface area contributed by atoms with Crippen molar-refractivity contribution in [2.24, 2.45) is 0 Å². The molecule has 1 atom stereocenters. The predicted molar refractivity (Wildman–Crippen MR) is 109 cm³/mol. The summed E-state index contributed by atoms with van der Waals surface area (Å²) in [5.41, 5.74) is 2.66. The van der Waals surface area contributed by atoms with Crippen molar-refractivity contribution in [2.75, 3.05) is 11.9 Å². The summed E-state index contributed by atoms with van der Waals surface area (Å²) >= 11 is 1.32. The van der Waals surface area contributed by atoms with Crippen molar-refractivity contribution in [1.29, 1.82) is 0 Å². The third-order valence-electron chi connectivity index (χ3n) is 4.79. The second-order valence-corrected chi connectivity index (χ2v) is 7.77. The smallest absolute Gasteiger partial charge is 0.254 e. The fraction of sp³-hybridized carbons (Fsp3) is 0.238. The summed E-state index contributed by atoms with van der Waals surface area (Å²) in [6, 6.07) is 16.6. The second-order valence-electron chi connectivity index (χ2n) is 6.79. The molecule has 1 aromatic heterocycles. The highest BCUT2D eigenvalue weighted by atomic mass is 32.1. The molecular formula is C21H20N4O2S. The summed E-state index contributed by atoms with van der Waals surface area (Å²) in [6.45, 7) is 2.56. The summed E-state index contributed by atoms with van der Waals surface area (Å²) in [6.07, 6.45) is 1.45. The fourth-order valence-electron chi connectivity index (χ4n) is 3.30. The minimum Gasteiger partial charge on any atom is -0.327 e. The number of rotatable bonds is 4. The number of hydrogen-bond donors (Lipinski definition) is 1. The van der Waals surface area contributed by atoms with Gasteiger partial charge in [-0.05, 0) is 31.9 Å². The summed E-state index contributed by atoms with van der Waals surface area (Å²) in [4.78, 5) is 27.3. The topological polar surface area (TPSA) is 75.2 Å². The summed E-state index contributed by atoms with van der Waals surface area (Å²) in [5.74, 6) is -0.325. The Morgan fingerprint density at radius 2 is 1.82 bits per heavy atom. The molecule has 1 N–H and O–H groups in total. The second kappa shape index (κ2) is 7.90. The minimum atomic E-state index is -0.488. The van der Waals surface area contributed by atoms with Crippen LogP contribution in [-0.4, -0.2) is 39.5 Å². The van der Waals surface area contributed by atoms with Gasteiger partial charge in [-0.3, -0.25) is 14.9 Å². The van der Waals surface area contributed by atoms with Gasteiger partial charge in [0.05, 0.1) is 0 Å². The number of anilines is 1. The monoisotopic (exact) mass is 392 g/mol. The molecule has 0 aliphatic carbocycles. The molecule has 142 valence electrons. The number of aromatic nitrogens is 2. The summed E-state index contributed by atoms with van der Waals surface area (Å²) in [5, 5.41) is 12.2. The first-order chi connectivity index (χ1) is 13.6. The highest BCUT2D eigenvalue weighted by Gasteiger charge is 2.35. The normalized spacial score (nSPS) is 16.2. The molecule has 4 rings (SSSR count). The van der Waals surface area contributed by atoms with E-state index < -0.39 is 6.04 Å². The highest BCUT2D eigenvalue weighted by Crippen LogP contribution is 2.27. The van der Waals surface area contributed by atoms with Crippen molar-refractivity contribution < 1.29 is 9.59 Å². The van der Waals surface area contributed by atoms with Gasteiger partial charge in [-0.1, -0.05) is 59.4 Å². The summed E-state index contributed by atoms with van der Waals surface area (Å²) in [7, 11) is 0. The van der Waals surface area contributed by atoms with Gasteiger partial charge in [-0.2, -0.15) is 0 Å². The Hall–Kier alpha value is -3.06. The molecule has 2 aromatic carbocycles. The van der Waals surface area contributed by atoms with Gasteiger partial charge in [0.1, 0.15) is 11.0 Å². The van der Waals surface area contributed by atoms with Crippen LogP contribution in [0, 0.1) is 6.92 Å². The molecule has 0 spiro atoms. The predicted octanol–water partition coefficient (Wildman–Crippen LogP) is 3.76. The first-order valence-corrected chi connectivity index (χ1v) is 10.0. The summed E-state index contributed by atoms with van der Waals surface area (Å²) < 4.78 is 0. The van der Waals surface area contributed by atoms with E-state index in [1.165, 1.54) is 11.3 Å². The first kappa shape index (κ1) is 18.3. The van der Waals surface area contributed by atoms with Crippen LogP contribution in [0.25, 0.3) is 10.6 Å². The molecule has 28 heavy (non-hydrogen) atoms. The zero-order valence-corrected chi connectivity index (χ0v) is 16.3. The lowest BCUT2D eigenvalue weighted by Crippen LogP contribution is -2.43. The zero-order chi connectivity index (χ0) is 19.5. The van der Waals surface area contributed by atoms with Gasteiger partial charge >= 0.3 is 0 Å². The average molecular weight is 392 g/mol. The third kappa shape index (κ3) is 3.80. The Morgan fingerprint density at radius 3 is 2.57 bits per heavy atom. The van der Waals surface area contributed by atoms with Crippen molar-refractivity contribution in [3.05, 3.63) is 65.7 Å². The lowest BCUT2D eigenvalue weighted by molar-refractivity contribution is -0.119. The van der Waals surface area contributed by atoms with E-state index in [9.17, 15) is 9.59 Å². The average Bonchev–Trinajstić information content (AvgIpc) is 3.38. The van der Waals surface area contributed by atoms with Gasteiger partial charge < -0.3 is 4.90 Å². The SMILES string of the molecule is Cc1ccc(C(=O)N2CCCC2C(=O)Nc2nnc(-c3ccccc3)s2)cc1. The van der Waals surface area contributed by atoms with Crippen LogP contribution >= 0.6 is 11.3 Å². The standard InChI is InChI=1S/C21H20N4O2S/c1-14-9-11-16(12-10-14)20(27)25-13-5-8-17(25)18(26)22-21-24-23-19(28-21)15-6-3-2-4-7-15/h2-4,6-7,9-12,17H,5,8,13H2,1H3,(H,22,24,26). The number of benzene rings is 2. The van der Waals surface area contributed by atoms with Crippen LogP contribution in [0.3, 0.4) is 0 Å². The molecule has 0 radical (unpaired) electrons. The maximum Gasteiger partial charge on any atom is 0.254 e. The number of carbonyl (C=O) groups excluding carboxylic acids is 2. The number of hydrogen-bond acceptors (Lipinski definition) is 5. The van der Waals surface area contributed by atoms with Gasteiger partial charge in [0.25, 0.3) is 5.91 Å². The molecular weight excluding hydrogens is 372 g/mol. The Morgan fingerprint density at radius 1 is 1.07 bits per heavy atom. The van der Waals surface area contributed by atoms with Crippen LogP contribution in [0.1, 0.15) is 28.8 Å². The highest BCUT2D eigenvalue weighted by molar-refractivity contribution is 7.18. The van der Waals surface area contributed by atoms with E-state index in [4.69, 9.17) is 0 Å². The number of likely N-dealkylation sites (tertiary alicyclic amines) is 1. The van der Waals surface area contributed by atoms with Gasteiger partial charge in [0.2, 0.25) is 11.0 Å². The Labute approximate surface area is 167 Å². The molecule has 6 nitrogen and oxygen atoms in total. The number of amides is 2. The van der Waals surface area contributed by atoms with Gasteiger partial charge in [0, 0.05) is 17.7 Å². The van der Waals surface area contributed by atoms with Crippen LogP contribution in [-0.2, 0) is 4.79 Å². The minimum absolute atomic E-state index is 0.111. The van der Waals surface area contributed by atoms with Crippen LogP contribution in [0.4, 0.5) is 5.13 Å². The fourth-order valence-corrected chi connectivity index (χ4v) is 4.06. The van der Waals surface area contributed by atoms with Crippen molar-refractivity contribution in [3.63, 3.8) is 0 Å². The molecule has 7 heteroatoms. The lowest BCUT2D eigenvalue weighted by Gasteiger charge is -2.23. The number of nitrogens with zero attached hydrogens (tertiary/aromatic N) is 3. The van der Waals surface area contributed by atoms with Crippen LogP contribution in [0.2, 0.25) is 0 Å². The van der Waals surface area contributed by atoms with Crippen molar-refractivity contribution >= 4 is 28.3 Å². The lowest BCUT2D eigenvalue weighted by atomic mass is 10.1. The quantitative estimate of drug-likeness (QED) is 0.734. The van der Waals surface area contributed by atoms with Crippen LogP contribution in [0.15, 0.2) is 54.6 Å². The van der Waals surface area contributed by atoms with Crippen LogP contribution in [0.5, 0.6) is 0 Å². The van der Waals surface area contributed by atoms with E-state index >= 15 is 0 Å². The van der Waals surface area contributed by atoms with E-state index in [0.29, 0.717) is 23.7 Å². The number of carbonyl (C=O) groups is 2. The molecule has 1 fully saturated rings. The Bertz CT molecular complexity index is 985. The van der Waals surface area contributed by atoms with E-state index in [1.807, 2.05) is 61.5 Å². The number of aryl methyl sites for hydroxylation is 1. The van der Waals surface area contributed by atoms with Crippen molar-refractivity contribution in [2.45, 2.75) is 25.8 Å². The molecule has 3 aromatic rings. The molecule has 0 bridgehead atoms. The number of nitrogens with one attached hydrogen (secondary N) is 1. The Balaban J connectivity index is 1.46. The van der Waals surface area contributed by atoms with Gasteiger partial charge in [0.15, 0.2) is 0 Å². The Kier molecular flexibility index (Phi) is 5.16. The third-order valence-corrected chi connectivity index (χ3v) is 5.68. The van der Waals surface area contributed by atoms with E-state index in [2.05, 4.69) is 15.5 Å². The molecule has 1 unspecified atom stereocenters. The first-order valence-electron chi connectivity index (χ1n) is 9.19.